The number of allylic oxidation sites excluding steroid dienone is 2. The zero-order chi connectivity index (χ0) is 38.9. The van der Waals surface area contributed by atoms with Gasteiger partial charge in [0.1, 0.15) is 0 Å². The molecular weight excluding hydrogens is 665 g/mol. The Labute approximate surface area is 342 Å². The Bertz CT molecular complexity index is 1300. The minimum atomic E-state index is 0.428. The quantitative estimate of drug-likeness (QED) is 0.180. The van der Waals surface area contributed by atoms with Crippen LogP contribution in [0.15, 0.2) is 23.3 Å². The summed E-state index contributed by atoms with van der Waals surface area (Å²) < 4.78 is 7.26. The first-order chi connectivity index (χ1) is 26.2. The molecule has 1 nitrogen and oxygen atoms in total. The predicted octanol–water partition coefficient (Wildman–Crippen LogP) is 15.8. The van der Waals surface area contributed by atoms with Crippen LogP contribution in [-0.4, -0.2) is 12.2 Å². The van der Waals surface area contributed by atoms with Crippen LogP contribution >= 0.6 is 0 Å². The van der Waals surface area contributed by atoms with Crippen LogP contribution in [0.5, 0.6) is 0 Å². The van der Waals surface area contributed by atoms with Crippen molar-refractivity contribution < 1.29 is 4.74 Å². The van der Waals surface area contributed by atoms with Gasteiger partial charge in [-0.3, -0.25) is 0 Å². The van der Waals surface area contributed by atoms with Crippen molar-refractivity contribution in [1.29, 1.82) is 0 Å². The Morgan fingerprint density at radius 2 is 0.927 bits per heavy atom. The van der Waals surface area contributed by atoms with Gasteiger partial charge in [0, 0.05) is 0 Å². The first-order valence-corrected chi connectivity index (χ1v) is 25.2. The van der Waals surface area contributed by atoms with E-state index in [1.165, 1.54) is 141 Å². The zero-order valence-corrected chi connectivity index (χ0v) is 38.2. The lowest BCUT2D eigenvalue weighted by molar-refractivity contribution is -0.0927. The molecular formula is C54H90O. The summed E-state index contributed by atoms with van der Waals surface area (Å²) in [5.41, 5.74) is 5.67. The number of rotatable bonds is 12. The highest BCUT2D eigenvalue weighted by Gasteiger charge is 2.61. The largest absolute Gasteiger partial charge is 0.374 e. The minimum Gasteiger partial charge on any atom is -0.374 e. The summed E-state index contributed by atoms with van der Waals surface area (Å²) in [6, 6.07) is 0. The molecule has 0 unspecified atom stereocenters. The molecule has 0 heterocycles. The van der Waals surface area contributed by atoms with Gasteiger partial charge in [0.15, 0.2) is 0 Å². The van der Waals surface area contributed by atoms with Gasteiger partial charge >= 0.3 is 0 Å². The van der Waals surface area contributed by atoms with Gasteiger partial charge in [0.05, 0.1) is 12.2 Å². The van der Waals surface area contributed by atoms with Gasteiger partial charge in [-0.2, -0.15) is 0 Å². The van der Waals surface area contributed by atoms with Gasteiger partial charge < -0.3 is 4.74 Å². The SMILES string of the molecule is CC(C)CCC[C@@H](C)[C@@H]1CC[C@@H]2[C@H]3CC=C4C[C@@H](O[C@H]5CC[C@]6(C)C(=CC[C@@H]7[C@H]6CC[C@@]6(C)[C@@H]([C@@H](C)CCCC(C)C)CC[C@@H]76)C5)CC[C@]4(C)[C@@H]3CC[C@@]21C. The lowest BCUT2D eigenvalue weighted by Crippen LogP contribution is -2.52. The van der Waals surface area contributed by atoms with E-state index in [0.717, 1.165) is 71.0 Å². The first kappa shape index (κ1) is 41.2. The van der Waals surface area contributed by atoms with E-state index in [0.29, 0.717) is 33.9 Å². The van der Waals surface area contributed by atoms with Crippen molar-refractivity contribution in [3.63, 3.8) is 0 Å². The average Bonchev–Trinajstić information content (AvgIpc) is 3.68. The van der Waals surface area contributed by atoms with E-state index in [1.807, 2.05) is 11.1 Å². The van der Waals surface area contributed by atoms with Gasteiger partial charge in [-0.1, -0.05) is 131 Å². The highest BCUT2D eigenvalue weighted by Crippen LogP contribution is 2.69. The third-order valence-corrected chi connectivity index (χ3v) is 20.9. The molecule has 8 rings (SSSR count). The molecule has 16 atom stereocenters. The van der Waals surface area contributed by atoms with E-state index in [9.17, 15) is 0 Å². The normalized spacial score (nSPS) is 47.5. The summed E-state index contributed by atoms with van der Waals surface area (Å²) in [4.78, 5) is 0. The molecule has 0 spiro atoms. The Balaban J connectivity index is 0.872. The maximum Gasteiger partial charge on any atom is 0.0616 e. The molecule has 55 heavy (non-hydrogen) atoms. The van der Waals surface area contributed by atoms with Gasteiger partial charge in [-0.15, -0.1) is 0 Å². The van der Waals surface area contributed by atoms with Gasteiger partial charge in [0.25, 0.3) is 0 Å². The van der Waals surface area contributed by atoms with Crippen LogP contribution in [0.25, 0.3) is 0 Å². The minimum absolute atomic E-state index is 0.428. The van der Waals surface area contributed by atoms with Gasteiger partial charge in [0.2, 0.25) is 0 Å². The second-order valence-electron chi connectivity index (χ2n) is 24.4. The summed E-state index contributed by atoms with van der Waals surface area (Å²) in [5.74, 6) is 11.1. The molecule has 312 valence electrons. The van der Waals surface area contributed by atoms with Gasteiger partial charge in [-0.25, -0.2) is 0 Å². The maximum absolute atomic E-state index is 7.26. The second kappa shape index (κ2) is 15.8. The Hall–Kier alpha value is -0.560. The van der Waals surface area contributed by atoms with Crippen LogP contribution in [0.3, 0.4) is 0 Å². The van der Waals surface area contributed by atoms with Crippen molar-refractivity contribution in [3.05, 3.63) is 23.3 Å². The molecule has 0 aromatic carbocycles. The molecule has 8 aliphatic carbocycles. The number of hydrogen-bond acceptors (Lipinski definition) is 1. The highest BCUT2D eigenvalue weighted by atomic mass is 16.5. The molecule has 0 amide bonds. The van der Waals surface area contributed by atoms with E-state index >= 15 is 0 Å². The molecule has 0 N–H and O–H groups in total. The van der Waals surface area contributed by atoms with E-state index in [-0.39, 0.29) is 0 Å². The Morgan fingerprint density at radius 1 is 0.509 bits per heavy atom. The van der Waals surface area contributed by atoms with Crippen molar-refractivity contribution in [2.45, 2.75) is 223 Å². The summed E-state index contributed by atoms with van der Waals surface area (Å²) in [5, 5.41) is 0. The van der Waals surface area contributed by atoms with Crippen molar-refractivity contribution in [3.8, 4) is 0 Å². The molecule has 0 radical (unpaired) electrons. The fraction of sp³-hybridized carbons (Fsp3) is 0.926. The maximum atomic E-state index is 7.26. The third kappa shape index (κ3) is 7.27. The van der Waals surface area contributed by atoms with Crippen molar-refractivity contribution >= 4 is 0 Å². The van der Waals surface area contributed by atoms with Crippen LogP contribution in [-0.2, 0) is 4.74 Å². The van der Waals surface area contributed by atoms with Crippen LogP contribution < -0.4 is 0 Å². The summed E-state index contributed by atoms with van der Waals surface area (Å²) in [6.45, 7) is 25.9. The van der Waals surface area contributed by atoms with E-state index in [4.69, 9.17) is 4.74 Å². The van der Waals surface area contributed by atoms with Gasteiger partial charge in [-0.05, 0) is 195 Å². The van der Waals surface area contributed by atoms with E-state index in [1.54, 1.807) is 0 Å². The summed E-state index contributed by atoms with van der Waals surface area (Å²) in [6.07, 6.45) is 37.7. The van der Waals surface area contributed by atoms with Crippen LogP contribution in [0.4, 0.5) is 0 Å². The van der Waals surface area contributed by atoms with E-state index in [2.05, 4.69) is 81.4 Å². The molecule has 0 saturated heterocycles. The van der Waals surface area contributed by atoms with E-state index < -0.39 is 0 Å². The fourth-order valence-corrected chi connectivity index (χ4v) is 17.8. The fourth-order valence-electron chi connectivity index (χ4n) is 17.8. The monoisotopic (exact) mass is 755 g/mol. The number of hydrogen-bond donors (Lipinski definition) is 0. The van der Waals surface area contributed by atoms with Crippen molar-refractivity contribution in [2.75, 3.05) is 0 Å². The molecule has 6 saturated carbocycles. The smallest absolute Gasteiger partial charge is 0.0616 e. The number of ether oxygens (including phenoxy) is 1. The standard InChI is InChI=1S/C54H90O/c1-35(2)13-11-15-37(5)45-21-23-47-43-19-17-39-33-41(25-29-51(39,7)49(43)27-31-53(45,47)9)55-42-26-30-52(8)40(34-42)18-20-44-48-24-22-46(38(6)16-12-14-36(3)4)54(48,10)32-28-50(44)52/h17-18,35-38,41-50H,11-16,19-34H2,1-10H3/t37-,38+,41-,42-,43-,44+,45+,46-,47-,48+,49+,50+,51+,52-,53-,54+/m0/s1. The molecule has 6 fully saturated rings. The van der Waals surface area contributed by atoms with Crippen LogP contribution in [0, 0.1) is 92.7 Å². The predicted molar refractivity (Wildman–Crippen MR) is 235 cm³/mol. The molecule has 8 aliphatic rings. The zero-order valence-electron chi connectivity index (χ0n) is 38.2. The topological polar surface area (TPSA) is 9.23 Å². The molecule has 1 heteroatoms. The highest BCUT2D eigenvalue weighted by molar-refractivity contribution is 5.27. The third-order valence-electron chi connectivity index (χ3n) is 20.9. The molecule has 0 aliphatic heterocycles. The molecule has 0 aromatic rings. The Morgan fingerprint density at radius 3 is 1.33 bits per heavy atom. The first-order valence-electron chi connectivity index (χ1n) is 25.2. The van der Waals surface area contributed by atoms with Crippen molar-refractivity contribution in [1.82, 2.24) is 0 Å². The average molecular weight is 755 g/mol. The second-order valence-corrected chi connectivity index (χ2v) is 24.4. The van der Waals surface area contributed by atoms with Crippen molar-refractivity contribution in [2.24, 2.45) is 92.7 Å². The molecule has 0 bridgehead atoms. The summed E-state index contributed by atoms with van der Waals surface area (Å²) in [7, 11) is 0. The lowest BCUT2D eigenvalue weighted by Gasteiger charge is -2.59. The Kier molecular flexibility index (Phi) is 11.8. The summed E-state index contributed by atoms with van der Waals surface area (Å²) >= 11 is 0. The lowest BCUT2D eigenvalue weighted by atomic mass is 9.46. The van der Waals surface area contributed by atoms with Crippen LogP contribution in [0.2, 0.25) is 0 Å². The number of fused-ring (bicyclic) bond motifs is 10. The molecule has 0 aromatic heterocycles. The van der Waals surface area contributed by atoms with Crippen LogP contribution in [0.1, 0.15) is 210 Å².